The monoisotopic (exact) mass is 340 g/mol. The number of aryl methyl sites for hydroxylation is 2. The number of hydrogen-bond donors (Lipinski definition) is 2. The summed E-state index contributed by atoms with van der Waals surface area (Å²) in [4.78, 5) is 37.5. The molecule has 1 amide bonds. The lowest BCUT2D eigenvalue weighted by atomic mass is 9.97. The molecule has 122 valence electrons. The van der Waals surface area contributed by atoms with E-state index in [-0.39, 0.29) is 11.7 Å². The summed E-state index contributed by atoms with van der Waals surface area (Å²) in [6.45, 7) is 1.97. The summed E-state index contributed by atoms with van der Waals surface area (Å²) < 4.78 is 0. The van der Waals surface area contributed by atoms with Gasteiger partial charge in [0.25, 0.3) is 11.5 Å². The van der Waals surface area contributed by atoms with Crippen molar-refractivity contribution in [3.05, 3.63) is 55.9 Å². The molecular weight excluding hydrogens is 324 g/mol. The summed E-state index contributed by atoms with van der Waals surface area (Å²) in [5, 5.41) is 3.94. The Labute approximate surface area is 142 Å². The zero-order valence-electron chi connectivity index (χ0n) is 13.1. The average Bonchev–Trinajstić information content (AvgIpc) is 2.95. The molecule has 0 unspecified atom stereocenters. The van der Waals surface area contributed by atoms with Crippen LogP contribution in [0.4, 0.5) is 0 Å². The SMILES string of the molecule is Cc1nc2c(s1)CCC[C@@H]2NC(=O)c1nc2ccccc2[nH]c1=O. The first-order valence-electron chi connectivity index (χ1n) is 7.88. The maximum atomic E-state index is 12.6. The molecule has 3 aromatic rings. The van der Waals surface area contributed by atoms with Gasteiger partial charge in [0.15, 0.2) is 5.69 Å². The Bertz CT molecular complexity index is 992. The summed E-state index contributed by atoms with van der Waals surface area (Å²) >= 11 is 1.68. The third-order valence-electron chi connectivity index (χ3n) is 4.18. The highest BCUT2D eigenvalue weighted by Crippen LogP contribution is 2.33. The molecule has 4 rings (SSSR count). The zero-order valence-corrected chi connectivity index (χ0v) is 13.9. The maximum absolute atomic E-state index is 12.6. The molecule has 6 nitrogen and oxygen atoms in total. The standard InChI is InChI=1S/C17H16N4O2S/c1-9-18-14-12(7-4-8-13(14)24-9)21-17(23)15-16(22)20-11-6-3-2-5-10(11)19-15/h2-3,5-6,12H,4,7-8H2,1H3,(H,20,22)(H,21,23)/t12-/m0/s1. The van der Waals surface area contributed by atoms with Gasteiger partial charge < -0.3 is 10.3 Å². The highest BCUT2D eigenvalue weighted by molar-refractivity contribution is 7.11. The smallest absolute Gasteiger partial charge is 0.280 e. The lowest BCUT2D eigenvalue weighted by Gasteiger charge is -2.22. The summed E-state index contributed by atoms with van der Waals surface area (Å²) in [5.74, 6) is -0.453. The summed E-state index contributed by atoms with van der Waals surface area (Å²) in [5.41, 5.74) is 1.57. The van der Waals surface area contributed by atoms with E-state index >= 15 is 0 Å². The third-order valence-corrected chi connectivity index (χ3v) is 5.23. The van der Waals surface area contributed by atoms with Crippen molar-refractivity contribution in [2.75, 3.05) is 0 Å². The van der Waals surface area contributed by atoms with Crippen molar-refractivity contribution < 1.29 is 4.79 Å². The molecule has 7 heteroatoms. The molecule has 0 aliphatic heterocycles. The number of benzene rings is 1. The van der Waals surface area contributed by atoms with Gasteiger partial charge in [-0.15, -0.1) is 11.3 Å². The Balaban J connectivity index is 1.66. The van der Waals surface area contributed by atoms with Crippen molar-refractivity contribution in [1.82, 2.24) is 20.3 Å². The molecule has 2 heterocycles. The minimum Gasteiger partial charge on any atom is -0.342 e. The van der Waals surface area contributed by atoms with Crippen LogP contribution in [-0.2, 0) is 6.42 Å². The van der Waals surface area contributed by atoms with E-state index in [0.717, 1.165) is 30.0 Å². The van der Waals surface area contributed by atoms with Crippen molar-refractivity contribution >= 4 is 28.3 Å². The van der Waals surface area contributed by atoms with E-state index in [0.29, 0.717) is 11.0 Å². The molecule has 1 aromatic carbocycles. The number of rotatable bonds is 2. The predicted molar refractivity (Wildman–Crippen MR) is 92.4 cm³/mol. The van der Waals surface area contributed by atoms with Crippen molar-refractivity contribution in [3.63, 3.8) is 0 Å². The Kier molecular flexibility index (Phi) is 3.65. The molecule has 24 heavy (non-hydrogen) atoms. The van der Waals surface area contributed by atoms with Crippen LogP contribution in [0.25, 0.3) is 11.0 Å². The molecule has 0 saturated carbocycles. The van der Waals surface area contributed by atoms with Crippen molar-refractivity contribution in [2.45, 2.75) is 32.2 Å². The van der Waals surface area contributed by atoms with Gasteiger partial charge >= 0.3 is 0 Å². The number of carbonyl (C=O) groups is 1. The second-order valence-corrected chi connectivity index (χ2v) is 7.18. The Morgan fingerprint density at radius 1 is 1.33 bits per heavy atom. The van der Waals surface area contributed by atoms with Gasteiger partial charge in [-0.2, -0.15) is 0 Å². The molecule has 1 aliphatic rings. The van der Waals surface area contributed by atoms with Gasteiger partial charge in [0.05, 0.1) is 27.8 Å². The van der Waals surface area contributed by atoms with Gasteiger partial charge in [0.1, 0.15) is 0 Å². The fourth-order valence-electron chi connectivity index (χ4n) is 3.09. The lowest BCUT2D eigenvalue weighted by Crippen LogP contribution is -2.35. The zero-order chi connectivity index (χ0) is 16.7. The minimum absolute atomic E-state index is 0.104. The van der Waals surface area contributed by atoms with E-state index in [4.69, 9.17) is 0 Å². The molecule has 0 saturated heterocycles. The van der Waals surface area contributed by atoms with Crippen LogP contribution in [0.2, 0.25) is 0 Å². The largest absolute Gasteiger partial charge is 0.342 e. The quantitative estimate of drug-likeness (QED) is 0.750. The van der Waals surface area contributed by atoms with E-state index in [1.807, 2.05) is 19.1 Å². The second-order valence-electron chi connectivity index (χ2n) is 5.89. The van der Waals surface area contributed by atoms with Crippen LogP contribution in [0, 0.1) is 6.92 Å². The Hall–Kier alpha value is -2.54. The predicted octanol–water partition coefficient (Wildman–Crippen LogP) is 2.50. The molecule has 1 atom stereocenters. The molecule has 0 fully saturated rings. The number of aromatic nitrogens is 3. The summed E-state index contributed by atoms with van der Waals surface area (Å²) in [6.07, 6.45) is 2.83. The van der Waals surface area contributed by atoms with Crippen LogP contribution in [0.15, 0.2) is 29.1 Å². The molecule has 2 N–H and O–H groups in total. The molecular formula is C17H16N4O2S. The number of amides is 1. The average molecular weight is 340 g/mol. The molecule has 1 aliphatic carbocycles. The second kappa shape index (κ2) is 5.83. The van der Waals surface area contributed by atoms with E-state index < -0.39 is 11.5 Å². The fourth-order valence-corrected chi connectivity index (χ4v) is 4.13. The number of H-pyrrole nitrogens is 1. The van der Waals surface area contributed by atoms with Gasteiger partial charge in [0, 0.05) is 4.88 Å². The van der Waals surface area contributed by atoms with Gasteiger partial charge in [-0.25, -0.2) is 9.97 Å². The first-order chi connectivity index (χ1) is 11.6. The van der Waals surface area contributed by atoms with E-state index in [9.17, 15) is 9.59 Å². The summed E-state index contributed by atoms with van der Waals surface area (Å²) in [6, 6.07) is 7.01. The van der Waals surface area contributed by atoms with Crippen molar-refractivity contribution in [1.29, 1.82) is 0 Å². The van der Waals surface area contributed by atoms with Crippen LogP contribution < -0.4 is 10.9 Å². The number of fused-ring (bicyclic) bond motifs is 2. The normalized spacial score (nSPS) is 16.8. The highest BCUT2D eigenvalue weighted by Gasteiger charge is 2.27. The lowest BCUT2D eigenvalue weighted by molar-refractivity contribution is 0.0925. The maximum Gasteiger partial charge on any atom is 0.280 e. The highest BCUT2D eigenvalue weighted by atomic mass is 32.1. The fraction of sp³-hybridized carbons (Fsp3) is 0.294. The molecule has 2 aromatic heterocycles. The number of carbonyl (C=O) groups excluding carboxylic acids is 1. The van der Waals surface area contributed by atoms with Crippen LogP contribution in [0.5, 0.6) is 0 Å². The van der Waals surface area contributed by atoms with Crippen LogP contribution in [0.1, 0.15) is 45.0 Å². The van der Waals surface area contributed by atoms with Gasteiger partial charge in [0.2, 0.25) is 0 Å². The molecule has 0 bridgehead atoms. The van der Waals surface area contributed by atoms with Crippen LogP contribution in [0.3, 0.4) is 0 Å². The molecule has 0 radical (unpaired) electrons. The number of para-hydroxylation sites is 2. The van der Waals surface area contributed by atoms with Gasteiger partial charge in [-0.1, -0.05) is 12.1 Å². The minimum atomic E-state index is -0.475. The Morgan fingerprint density at radius 2 is 2.17 bits per heavy atom. The van der Waals surface area contributed by atoms with E-state index in [2.05, 4.69) is 20.3 Å². The number of nitrogens with one attached hydrogen (secondary N) is 2. The molecule has 0 spiro atoms. The topological polar surface area (TPSA) is 87.7 Å². The number of thiazole rings is 1. The van der Waals surface area contributed by atoms with E-state index in [1.54, 1.807) is 23.5 Å². The van der Waals surface area contributed by atoms with Crippen molar-refractivity contribution in [2.24, 2.45) is 0 Å². The number of hydrogen-bond acceptors (Lipinski definition) is 5. The van der Waals surface area contributed by atoms with Crippen LogP contribution in [-0.4, -0.2) is 20.9 Å². The number of nitrogens with zero attached hydrogens (tertiary/aromatic N) is 2. The Morgan fingerprint density at radius 3 is 3.04 bits per heavy atom. The van der Waals surface area contributed by atoms with Gasteiger partial charge in [-0.3, -0.25) is 9.59 Å². The van der Waals surface area contributed by atoms with Crippen LogP contribution >= 0.6 is 11.3 Å². The third kappa shape index (κ3) is 2.60. The first-order valence-corrected chi connectivity index (χ1v) is 8.69. The number of aromatic amines is 1. The van der Waals surface area contributed by atoms with Gasteiger partial charge in [-0.05, 0) is 38.3 Å². The van der Waals surface area contributed by atoms with E-state index in [1.165, 1.54) is 4.88 Å². The van der Waals surface area contributed by atoms with Crippen molar-refractivity contribution in [3.8, 4) is 0 Å². The first kappa shape index (κ1) is 15.0. The summed E-state index contributed by atoms with van der Waals surface area (Å²) in [7, 11) is 0.